The van der Waals surface area contributed by atoms with Crippen molar-refractivity contribution in [1.29, 1.82) is 0 Å². The fourth-order valence-electron chi connectivity index (χ4n) is 3.47. The summed E-state index contributed by atoms with van der Waals surface area (Å²) in [6.07, 6.45) is -5.51. The van der Waals surface area contributed by atoms with Gasteiger partial charge in [0.05, 0.1) is 21.4 Å². The number of anilines is 2. The minimum atomic E-state index is -4.77. The second-order valence-electron chi connectivity index (χ2n) is 6.65. The molecule has 164 valence electrons. The summed E-state index contributed by atoms with van der Waals surface area (Å²) in [5.41, 5.74) is 14.0. The van der Waals surface area contributed by atoms with Gasteiger partial charge >= 0.3 is 6.36 Å². The lowest BCUT2D eigenvalue weighted by atomic mass is 10.1. The molecule has 2 aliphatic heterocycles. The predicted octanol–water partition coefficient (Wildman–Crippen LogP) is 5.08. The highest BCUT2D eigenvalue weighted by atomic mass is 35.5. The average molecular weight is 490 g/mol. The second kappa shape index (κ2) is 8.10. The molecule has 2 unspecified atom stereocenters. The molecular formula is C19H16Cl2F3N5OS. The number of hydrogen-bond acceptors (Lipinski definition) is 7. The van der Waals surface area contributed by atoms with Gasteiger partial charge in [-0.3, -0.25) is 0 Å². The average Bonchev–Trinajstić information content (AvgIpc) is 2.98. The highest BCUT2D eigenvalue weighted by Gasteiger charge is 2.42. The third-order valence-corrected chi connectivity index (χ3v) is 6.25. The van der Waals surface area contributed by atoms with Crippen molar-refractivity contribution >= 4 is 52.2 Å². The number of amidine groups is 1. The lowest BCUT2D eigenvalue weighted by molar-refractivity contribution is -0.274. The van der Waals surface area contributed by atoms with E-state index in [-0.39, 0.29) is 5.75 Å². The molecule has 0 bridgehead atoms. The zero-order chi connectivity index (χ0) is 22.5. The Balaban J connectivity index is 1.70. The van der Waals surface area contributed by atoms with Crippen molar-refractivity contribution in [3.8, 4) is 5.75 Å². The lowest BCUT2D eigenvalue weighted by Gasteiger charge is -2.38. The molecule has 0 fully saturated rings. The molecule has 0 aliphatic carbocycles. The van der Waals surface area contributed by atoms with Gasteiger partial charge in [0.15, 0.2) is 0 Å². The van der Waals surface area contributed by atoms with E-state index in [1.807, 2.05) is 0 Å². The van der Waals surface area contributed by atoms with Crippen LogP contribution in [0.1, 0.15) is 6.92 Å². The van der Waals surface area contributed by atoms with Gasteiger partial charge in [0, 0.05) is 5.69 Å². The second-order valence-corrected chi connectivity index (χ2v) is 8.57. The van der Waals surface area contributed by atoms with E-state index in [9.17, 15) is 13.2 Å². The molecule has 12 heteroatoms. The third-order valence-electron chi connectivity index (χ3n) is 4.66. The van der Waals surface area contributed by atoms with Gasteiger partial charge in [-0.15, -0.1) is 13.2 Å². The van der Waals surface area contributed by atoms with Gasteiger partial charge in [-0.05, 0) is 43.3 Å². The fourth-order valence-corrected chi connectivity index (χ4v) is 5.12. The van der Waals surface area contributed by atoms with Crippen LogP contribution in [0.25, 0.3) is 0 Å². The maximum absolute atomic E-state index is 12.5. The molecular weight excluding hydrogens is 474 g/mol. The molecule has 0 saturated carbocycles. The number of thioether (sulfide) groups is 1. The SMILES string of the molecule is CC1=NC2=C(C(N)N1c1ccc(OC(F)(F)F)cc1)N(c1c(Cl)cccc1Cl)C(N)S2. The summed E-state index contributed by atoms with van der Waals surface area (Å²) in [6.45, 7) is 1.75. The number of nitrogens with zero attached hydrogens (tertiary/aromatic N) is 3. The smallest absolute Gasteiger partial charge is 0.406 e. The molecule has 2 aromatic carbocycles. The first kappa shape index (κ1) is 22.1. The Morgan fingerprint density at radius 2 is 1.65 bits per heavy atom. The van der Waals surface area contributed by atoms with Gasteiger partial charge in [-0.2, -0.15) is 0 Å². The minimum absolute atomic E-state index is 0.334. The largest absolute Gasteiger partial charge is 0.573 e. The van der Waals surface area contributed by atoms with Crippen LogP contribution in [-0.2, 0) is 0 Å². The number of aliphatic imine (C=N–C) groups is 1. The number of hydrogen-bond donors (Lipinski definition) is 2. The molecule has 0 saturated heterocycles. The summed E-state index contributed by atoms with van der Waals surface area (Å²) in [6, 6.07) is 10.5. The van der Waals surface area contributed by atoms with Crippen LogP contribution in [0.15, 0.2) is 58.2 Å². The first-order valence-electron chi connectivity index (χ1n) is 8.92. The Morgan fingerprint density at radius 1 is 1.03 bits per heavy atom. The zero-order valence-electron chi connectivity index (χ0n) is 15.9. The maximum Gasteiger partial charge on any atom is 0.573 e. The number of alkyl halides is 3. The van der Waals surface area contributed by atoms with Crippen molar-refractivity contribution in [2.75, 3.05) is 9.80 Å². The van der Waals surface area contributed by atoms with E-state index in [4.69, 9.17) is 34.7 Å². The summed E-state index contributed by atoms with van der Waals surface area (Å²) in [4.78, 5) is 8.03. The zero-order valence-corrected chi connectivity index (χ0v) is 18.2. The molecule has 0 aromatic heterocycles. The summed E-state index contributed by atoms with van der Waals surface area (Å²) >= 11 is 14.1. The van der Waals surface area contributed by atoms with E-state index in [0.29, 0.717) is 38.0 Å². The lowest BCUT2D eigenvalue weighted by Crippen LogP contribution is -2.53. The number of rotatable bonds is 3. The van der Waals surface area contributed by atoms with Crippen LogP contribution in [0, 0.1) is 0 Å². The molecule has 2 atom stereocenters. The topological polar surface area (TPSA) is 80.1 Å². The van der Waals surface area contributed by atoms with E-state index in [2.05, 4.69) is 9.73 Å². The maximum atomic E-state index is 12.5. The number of para-hydroxylation sites is 1. The van der Waals surface area contributed by atoms with Crippen LogP contribution < -0.4 is 26.0 Å². The quantitative estimate of drug-likeness (QED) is 0.625. The standard InChI is InChI=1S/C19H16Cl2F3N5OS/c1-9-27-17-15(29(18(26)31-17)14-12(20)3-2-4-13(14)21)16(25)28(9)10-5-7-11(8-6-10)30-19(22,23)24/h2-8,16,18H,25-26H2,1H3. The first-order chi connectivity index (χ1) is 14.6. The third kappa shape index (κ3) is 4.18. The van der Waals surface area contributed by atoms with Crippen LogP contribution in [0.4, 0.5) is 24.5 Å². The molecule has 2 aromatic rings. The van der Waals surface area contributed by atoms with Gasteiger partial charge in [0.2, 0.25) is 0 Å². The van der Waals surface area contributed by atoms with Crippen LogP contribution in [0.3, 0.4) is 0 Å². The fraction of sp³-hybridized carbons (Fsp3) is 0.211. The van der Waals surface area contributed by atoms with Crippen molar-refractivity contribution in [2.45, 2.75) is 24.9 Å². The van der Waals surface area contributed by atoms with Gasteiger partial charge in [0.25, 0.3) is 0 Å². The Bertz CT molecular complexity index is 1060. The Kier molecular flexibility index (Phi) is 5.78. The Labute approximate surface area is 190 Å². The van der Waals surface area contributed by atoms with Gasteiger partial charge in [0.1, 0.15) is 28.3 Å². The normalized spacial score (nSPS) is 21.4. The van der Waals surface area contributed by atoms with Crippen molar-refractivity contribution in [2.24, 2.45) is 16.5 Å². The van der Waals surface area contributed by atoms with Crippen molar-refractivity contribution < 1.29 is 17.9 Å². The van der Waals surface area contributed by atoms with Gasteiger partial charge in [-0.1, -0.05) is 41.0 Å². The van der Waals surface area contributed by atoms with Crippen molar-refractivity contribution in [3.05, 3.63) is 63.2 Å². The van der Waals surface area contributed by atoms with Gasteiger partial charge in [-0.25, -0.2) is 4.99 Å². The first-order valence-corrected chi connectivity index (χ1v) is 10.6. The number of ether oxygens (including phenoxy) is 1. The highest BCUT2D eigenvalue weighted by Crippen LogP contribution is 2.48. The Morgan fingerprint density at radius 3 is 2.23 bits per heavy atom. The molecule has 6 nitrogen and oxygen atoms in total. The molecule has 0 amide bonds. The number of benzene rings is 2. The van der Waals surface area contributed by atoms with E-state index in [0.717, 1.165) is 0 Å². The van der Waals surface area contributed by atoms with E-state index in [1.54, 1.807) is 34.9 Å². The molecule has 4 N–H and O–H groups in total. The van der Waals surface area contributed by atoms with E-state index in [1.165, 1.54) is 36.0 Å². The molecule has 31 heavy (non-hydrogen) atoms. The van der Waals surface area contributed by atoms with E-state index >= 15 is 0 Å². The van der Waals surface area contributed by atoms with Crippen LogP contribution in [-0.4, -0.2) is 23.9 Å². The molecule has 0 radical (unpaired) electrons. The van der Waals surface area contributed by atoms with Crippen molar-refractivity contribution in [3.63, 3.8) is 0 Å². The summed E-state index contributed by atoms with van der Waals surface area (Å²) in [5, 5.41) is 1.42. The van der Waals surface area contributed by atoms with Crippen LogP contribution in [0.2, 0.25) is 10.0 Å². The molecule has 0 spiro atoms. The van der Waals surface area contributed by atoms with Crippen LogP contribution >= 0.6 is 35.0 Å². The molecule has 2 heterocycles. The van der Waals surface area contributed by atoms with Crippen molar-refractivity contribution in [1.82, 2.24) is 0 Å². The van der Waals surface area contributed by atoms with Gasteiger partial charge < -0.3 is 26.0 Å². The molecule has 2 aliphatic rings. The monoisotopic (exact) mass is 489 g/mol. The summed E-state index contributed by atoms with van der Waals surface area (Å²) in [5.74, 6) is 0.224. The minimum Gasteiger partial charge on any atom is -0.406 e. The highest BCUT2D eigenvalue weighted by molar-refractivity contribution is 8.04. The number of halogens is 5. The van der Waals surface area contributed by atoms with E-state index < -0.39 is 18.0 Å². The number of nitrogens with two attached hydrogens (primary N) is 2. The summed E-state index contributed by atoms with van der Waals surface area (Å²) in [7, 11) is 0. The summed E-state index contributed by atoms with van der Waals surface area (Å²) < 4.78 is 41.3. The Hall–Kier alpha value is -2.11. The predicted molar refractivity (Wildman–Crippen MR) is 118 cm³/mol. The molecule has 4 rings (SSSR count). The van der Waals surface area contributed by atoms with Crippen LogP contribution in [0.5, 0.6) is 5.75 Å².